The van der Waals surface area contributed by atoms with E-state index in [2.05, 4.69) is 0 Å². The molecule has 6 heteroatoms. The van der Waals surface area contributed by atoms with Gasteiger partial charge in [-0.2, -0.15) is 0 Å². The second-order valence-corrected chi connectivity index (χ2v) is 5.37. The van der Waals surface area contributed by atoms with Crippen LogP contribution in [0, 0.1) is 11.6 Å². The number of piperidine rings is 1. The SMILES string of the molecule is O=C(Cc1c(F)cccc1F)N1CCC2(CC1)OCCO2. The lowest BCUT2D eigenvalue weighted by Crippen LogP contribution is -2.47. The first-order chi connectivity index (χ1) is 10.1. The van der Waals surface area contributed by atoms with Gasteiger partial charge in [-0.15, -0.1) is 0 Å². The zero-order valence-corrected chi connectivity index (χ0v) is 11.6. The summed E-state index contributed by atoms with van der Waals surface area (Å²) in [6.45, 7) is 2.12. The van der Waals surface area contributed by atoms with Gasteiger partial charge in [0.15, 0.2) is 5.79 Å². The highest BCUT2D eigenvalue weighted by Gasteiger charge is 2.40. The number of nitrogens with zero attached hydrogens (tertiary/aromatic N) is 1. The van der Waals surface area contributed by atoms with Crippen LogP contribution in [0.3, 0.4) is 0 Å². The van der Waals surface area contributed by atoms with Crippen LogP contribution in [0.2, 0.25) is 0 Å². The van der Waals surface area contributed by atoms with Crippen LogP contribution in [-0.2, 0) is 20.7 Å². The van der Waals surface area contributed by atoms with Gasteiger partial charge in [0.2, 0.25) is 5.91 Å². The Labute approximate surface area is 121 Å². The molecule has 3 rings (SSSR count). The van der Waals surface area contributed by atoms with Gasteiger partial charge in [-0.05, 0) is 12.1 Å². The number of benzene rings is 1. The maximum absolute atomic E-state index is 13.6. The van der Waals surface area contributed by atoms with E-state index in [9.17, 15) is 13.6 Å². The Hall–Kier alpha value is -1.53. The van der Waals surface area contributed by atoms with Crippen molar-refractivity contribution < 1.29 is 23.0 Å². The summed E-state index contributed by atoms with van der Waals surface area (Å²) in [5.74, 6) is -2.19. The molecule has 2 aliphatic heterocycles. The predicted molar refractivity (Wildman–Crippen MR) is 70.5 cm³/mol. The average Bonchev–Trinajstić information content (AvgIpc) is 2.92. The van der Waals surface area contributed by atoms with Gasteiger partial charge in [0, 0.05) is 31.5 Å². The topological polar surface area (TPSA) is 38.8 Å². The molecule has 21 heavy (non-hydrogen) atoms. The van der Waals surface area contributed by atoms with Gasteiger partial charge in [-0.3, -0.25) is 4.79 Å². The van der Waals surface area contributed by atoms with E-state index in [1.165, 1.54) is 6.07 Å². The fourth-order valence-electron chi connectivity index (χ4n) is 2.85. The second kappa shape index (κ2) is 5.69. The first-order valence-electron chi connectivity index (χ1n) is 7.08. The summed E-state index contributed by atoms with van der Waals surface area (Å²) in [7, 11) is 0. The number of hydrogen-bond acceptors (Lipinski definition) is 3. The normalized spacial score (nSPS) is 21.0. The molecule has 0 aromatic heterocycles. The smallest absolute Gasteiger partial charge is 0.227 e. The van der Waals surface area contributed by atoms with E-state index in [0.717, 1.165) is 12.1 Å². The van der Waals surface area contributed by atoms with Crippen LogP contribution in [0.1, 0.15) is 18.4 Å². The number of amides is 1. The molecule has 0 atom stereocenters. The molecule has 2 aliphatic rings. The minimum atomic E-state index is -0.681. The highest BCUT2D eigenvalue weighted by molar-refractivity contribution is 5.79. The van der Waals surface area contributed by atoms with Crippen molar-refractivity contribution in [3.8, 4) is 0 Å². The Morgan fingerprint density at radius 2 is 1.71 bits per heavy atom. The van der Waals surface area contributed by atoms with Crippen LogP contribution in [0.5, 0.6) is 0 Å². The van der Waals surface area contributed by atoms with Crippen LogP contribution >= 0.6 is 0 Å². The lowest BCUT2D eigenvalue weighted by atomic mass is 10.0. The summed E-state index contributed by atoms with van der Waals surface area (Å²) in [6, 6.07) is 3.62. The molecule has 1 aromatic carbocycles. The summed E-state index contributed by atoms with van der Waals surface area (Å²) in [6.07, 6.45) is 0.935. The Bertz CT molecular complexity index is 513. The van der Waals surface area contributed by atoms with Gasteiger partial charge < -0.3 is 14.4 Å². The molecule has 2 heterocycles. The molecular weight excluding hydrogens is 280 g/mol. The van der Waals surface area contributed by atoms with Gasteiger partial charge in [0.05, 0.1) is 19.6 Å². The summed E-state index contributed by atoms with van der Waals surface area (Å²) in [4.78, 5) is 13.8. The number of carbonyl (C=O) groups is 1. The first-order valence-corrected chi connectivity index (χ1v) is 7.08. The van der Waals surface area contributed by atoms with Crippen LogP contribution in [0.4, 0.5) is 8.78 Å². The van der Waals surface area contributed by atoms with Crippen LogP contribution in [0.25, 0.3) is 0 Å². The number of hydrogen-bond donors (Lipinski definition) is 0. The van der Waals surface area contributed by atoms with Crippen molar-refractivity contribution in [1.29, 1.82) is 0 Å². The molecule has 1 amide bonds. The summed E-state index contributed by atoms with van der Waals surface area (Å²) < 4.78 is 38.3. The van der Waals surface area contributed by atoms with Gasteiger partial charge in [0.1, 0.15) is 11.6 Å². The number of likely N-dealkylation sites (tertiary alicyclic amines) is 1. The quantitative estimate of drug-likeness (QED) is 0.836. The highest BCUT2D eigenvalue weighted by Crippen LogP contribution is 2.31. The summed E-state index contributed by atoms with van der Waals surface area (Å²) in [5.41, 5.74) is -0.170. The Balaban J connectivity index is 1.62. The molecule has 2 saturated heterocycles. The lowest BCUT2D eigenvalue weighted by Gasteiger charge is -2.37. The van der Waals surface area contributed by atoms with E-state index >= 15 is 0 Å². The van der Waals surface area contributed by atoms with E-state index in [4.69, 9.17) is 9.47 Å². The van der Waals surface area contributed by atoms with Crippen molar-refractivity contribution in [2.24, 2.45) is 0 Å². The van der Waals surface area contributed by atoms with Crippen LogP contribution in [-0.4, -0.2) is 42.9 Å². The molecule has 0 bridgehead atoms. The van der Waals surface area contributed by atoms with Crippen molar-refractivity contribution >= 4 is 5.91 Å². The monoisotopic (exact) mass is 297 g/mol. The Kier molecular flexibility index (Phi) is 3.91. The highest BCUT2D eigenvalue weighted by atomic mass is 19.1. The molecule has 0 N–H and O–H groups in total. The molecule has 0 radical (unpaired) electrons. The number of carbonyl (C=O) groups excluding carboxylic acids is 1. The largest absolute Gasteiger partial charge is 0.347 e. The number of rotatable bonds is 2. The number of ether oxygens (including phenoxy) is 2. The van der Waals surface area contributed by atoms with E-state index in [1.807, 2.05) is 0 Å². The molecule has 1 spiro atoms. The maximum Gasteiger partial charge on any atom is 0.227 e. The van der Waals surface area contributed by atoms with Gasteiger partial charge in [-0.25, -0.2) is 8.78 Å². The van der Waals surface area contributed by atoms with Gasteiger partial charge in [-0.1, -0.05) is 6.07 Å². The molecule has 4 nitrogen and oxygen atoms in total. The third kappa shape index (κ3) is 2.91. The van der Waals surface area contributed by atoms with E-state index in [0.29, 0.717) is 39.1 Å². The Morgan fingerprint density at radius 1 is 1.14 bits per heavy atom. The fraction of sp³-hybridized carbons (Fsp3) is 0.533. The first kappa shape index (κ1) is 14.4. The van der Waals surface area contributed by atoms with Gasteiger partial charge >= 0.3 is 0 Å². The average molecular weight is 297 g/mol. The summed E-state index contributed by atoms with van der Waals surface area (Å²) >= 11 is 0. The molecule has 2 fully saturated rings. The lowest BCUT2D eigenvalue weighted by molar-refractivity contribution is -0.187. The zero-order valence-electron chi connectivity index (χ0n) is 11.6. The molecule has 1 aromatic rings. The molecule has 0 aliphatic carbocycles. The second-order valence-electron chi connectivity index (χ2n) is 5.37. The minimum Gasteiger partial charge on any atom is -0.347 e. The fourth-order valence-corrected chi connectivity index (χ4v) is 2.85. The molecule has 114 valence electrons. The van der Waals surface area contributed by atoms with E-state index in [-0.39, 0.29) is 17.9 Å². The third-order valence-electron chi connectivity index (χ3n) is 4.08. The summed E-state index contributed by atoms with van der Waals surface area (Å²) in [5, 5.41) is 0. The Morgan fingerprint density at radius 3 is 2.29 bits per heavy atom. The third-order valence-corrected chi connectivity index (χ3v) is 4.08. The molecule has 0 unspecified atom stereocenters. The zero-order chi connectivity index (χ0) is 14.9. The van der Waals surface area contributed by atoms with Crippen molar-refractivity contribution in [2.75, 3.05) is 26.3 Å². The van der Waals surface area contributed by atoms with Crippen molar-refractivity contribution in [1.82, 2.24) is 4.90 Å². The van der Waals surface area contributed by atoms with Gasteiger partial charge in [0.25, 0.3) is 0 Å². The van der Waals surface area contributed by atoms with Crippen LogP contribution < -0.4 is 0 Å². The van der Waals surface area contributed by atoms with E-state index in [1.54, 1.807) is 4.90 Å². The standard InChI is InChI=1S/C15H17F2NO3/c16-12-2-1-3-13(17)11(12)10-14(19)18-6-4-15(5-7-18)20-8-9-21-15/h1-3H,4-10H2. The van der Waals surface area contributed by atoms with Crippen molar-refractivity contribution in [2.45, 2.75) is 25.0 Å². The molecular formula is C15H17F2NO3. The van der Waals surface area contributed by atoms with E-state index < -0.39 is 17.4 Å². The number of halogens is 2. The van der Waals surface area contributed by atoms with Crippen molar-refractivity contribution in [3.63, 3.8) is 0 Å². The van der Waals surface area contributed by atoms with Crippen LogP contribution in [0.15, 0.2) is 18.2 Å². The maximum atomic E-state index is 13.6. The molecule has 0 saturated carbocycles. The minimum absolute atomic E-state index is 0.170. The predicted octanol–water partition coefficient (Wildman–Crippen LogP) is 1.87. The van der Waals surface area contributed by atoms with Crippen molar-refractivity contribution in [3.05, 3.63) is 35.4 Å².